The molecule has 1 N–H and O–H groups in total. The largest absolute Gasteiger partial charge is 0.342 e. The lowest BCUT2D eigenvalue weighted by Gasteiger charge is -2.18. The van der Waals surface area contributed by atoms with Crippen LogP contribution >= 0.6 is 0 Å². The molecule has 140 valence electrons. The first-order valence-corrected chi connectivity index (χ1v) is 9.87. The van der Waals surface area contributed by atoms with Gasteiger partial charge in [-0.05, 0) is 55.3 Å². The number of hydrogen-bond donors (Lipinski definition) is 1. The molecule has 0 heterocycles. The van der Waals surface area contributed by atoms with Gasteiger partial charge < -0.3 is 4.90 Å². The zero-order valence-electron chi connectivity index (χ0n) is 15.1. The third-order valence-electron chi connectivity index (χ3n) is 4.04. The molecule has 0 spiro atoms. The average molecular weight is 378 g/mol. The van der Waals surface area contributed by atoms with E-state index in [1.807, 2.05) is 6.92 Å². The Bertz CT molecular complexity index is 880. The van der Waals surface area contributed by atoms with Gasteiger partial charge in [0.2, 0.25) is 0 Å². The van der Waals surface area contributed by atoms with Gasteiger partial charge in [-0.1, -0.05) is 19.4 Å². The van der Waals surface area contributed by atoms with Crippen LogP contribution in [0.2, 0.25) is 0 Å². The summed E-state index contributed by atoms with van der Waals surface area (Å²) in [7, 11) is -2.18. The Labute approximate surface area is 153 Å². The van der Waals surface area contributed by atoms with Crippen LogP contribution in [-0.4, -0.2) is 32.8 Å². The molecule has 5 nitrogen and oxygen atoms in total. The van der Waals surface area contributed by atoms with Crippen LogP contribution in [0.3, 0.4) is 0 Å². The number of nitrogens with zero attached hydrogens (tertiary/aromatic N) is 1. The Hall–Kier alpha value is -2.41. The van der Waals surface area contributed by atoms with Gasteiger partial charge in [-0.3, -0.25) is 9.52 Å². The fraction of sp³-hybridized carbons (Fsp3) is 0.316. The maximum atomic E-state index is 13.0. The first-order chi connectivity index (χ1) is 12.2. The summed E-state index contributed by atoms with van der Waals surface area (Å²) in [6.45, 7) is 4.42. The minimum Gasteiger partial charge on any atom is -0.342 e. The molecule has 1 amide bonds. The number of anilines is 1. The van der Waals surface area contributed by atoms with Crippen molar-refractivity contribution in [2.75, 3.05) is 18.3 Å². The van der Waals surface area contributed by atoms with Crippen LogP contribution in [0.1, 0.15) is 35.7 Å². The van der Waals surface area contributed by atoms with Crippen molar-refractivity contribution in [2.24, 2.45) is 0 Å². The number of halogens is 1. The van der Waals surface area contributed by atoms with Crippen LogP contribution in [0, 0.1) is 12.7 Å². The Morgan fingerprint density at radius 1 is 1.15 bits per heavy atom. The van der Waals surface area contributed by atoms with Gasteiger partial charge in [0.25, 0.3) is 15.9 Å². The summed E-state index contributed by atoms with van der Waals surface area (Å²) in [4.78, 5) is 14.2. The van der Waals surface area contributed by atoms with E-state index in [2.05, 4.69) is 4.72 Å². The third kappa shape index (κ3) is 4.82. The van der Waals surface area contributed by atoms with Crippen LogP contribution in [-0.2, 0) is 10.0 Å². The van der Waals surface area contributed by atoms with Gasteiger partial charge in [-0.2, -0.15) is 0 Å². The van der Waals surface area contributed by atoms with Crippen LogP contribution < -0.4 is 4.72 Å². The van der Waals surface area contributed by atoms with E-state index in [4.69, 9.17) is 0 Å². The third-order valence-corrected chi connectivity index (χ3v) is 5.42. The number of sulfonamides is 1. The van der Waals surface area contributed by atoms with Crippen LogP contribution in [0.5, 0.6) is 0 Å². The van der Waals surface area contributed by atoms with Gasteiger partial charge in [0.15, 0.2) is 0 Å². The van der Waals surface area contributed by atoms with Crippen molar-refractivity contribution >= 4 is 21.6 Å². The van der Waals surface area contributed by atoms with E-state index in [0.29, 0.717) is 17.7 Å². The molecule has 0 aliphatic rings. The monoisotopic (exact) mass is 378 g/mol. The molecule has 0 bridgehead atoms. The molecule has 0 saturated carbocycles. The van der Waals surface area contributed by atoms with Gasteiger partial charge in [-0.25, -0.2) is 12.8 Å². The van der Waals surface area contributed by atoms with E-state index in [-0.39, 0.29) is 16.5 Å². The standard InChI is InChI=1S/C19H23FN2O3S/c1-4-5-12-22(3)19(23)18-13-17(11-6-14(18)2)26(24,25)21-16-9-7-15(20)8-10-16/h6-11,13,21H,4-5,12H2,1-3H3. The highest BCUT2D eigenvalue weighted by molar-refractivity contribution is 7.92. The molecular weight excluding hydrogens is 355 g/mol. The molecule has 2 rings (SSSR count). The highest BCUT2D eigenvalue weighted by atomic mass is 32.2. The van der Waals surface area contributed by atoms with Crippen molar-refractivity contribution in [3.8, 4) is 0 Å². The Kier molecular flexibility index (Phi) is 6.37. The molecule has 0 radical (unpaired) electrons. The predicted octanol–water partition coefficient (Wildman–Crippen LogP) is 3.81. The lowest BCUT2D eigenvalue weighted by molar-refractivity contribution is 0.0792. The van der Waals surface area contributed by atoms with E-state index in [1.165, 1.54) is 36.4 Å². The number of rotatable bonds is 7. The van der Waals surface area contributed by atoms with Gasteiger partial charge >= 0.3 is 0 Å². The molecule has 2 aromatic carbocycles. The van der Waals surface area contributed by atoms with E-state index < -0.39 is 15.8 Å². The van der Waals surface area contributed by atoms with Crippen molar-refractivity contribution in [1.82, 2.24) is 4.90 Å². The SMILES string of the molecule is CCCCN(C)C(=O)c1cc(S(=O)(=O)Nc2ccc(F)cc2)ccc1C. The summed E-state index contributed by atoms with van der Waals surface area (Å²) in [6.07, 6.45) is 1.85. The summed E-state index contributed by atoms with van der Waals surface area (Å²) in [5.74, 6) is -0.666. The quantitative estimate of drug-likeness (QED) is 0.797. The number of unbranched alkanes of at least 4 members (excludes halogenated alkanes) is 1. The second-order valence-electron chi connectivity index (χ2n) is 6.17. The van der Waals surface area contributed by atoms with Crippen LogP contribution in [0.4, 0.5) is 10.1 Å². The topological polar surface area (TPSA) is 66.5 Å². The molecular formula is C19H23FN2O3S. The fourth-order valence-electron chi connectivity index (χ4n) is 2.43. The van der Waals surface area contributed by atoms with Gasteiger partial charge in [0.05, 0.1) is 4.90 Å². The number of nitrogens with one attached hydrogen (secondary N) is 1. The number of hydrogen-bond acceptors (Lipinski definition) is 3. The van der Waals surface area contributed by atoms with Crippen molar-refractivity contribution in [1.29, 1.82) is 0 Å². The van der Waals surface area contributed by atoms with E-state index in [9.17, 15) is 17.6 Å². The van der Waals surface area contributed by atoms with E-state index in [0.717, 1.165) is 12.8 Å². The number of amides is 1. The Morgan fingerprint density at radius 3 is 2.42 bits per heavy atom. The minimum absolute atomic E-state index is 0.0142. The fourth-order valence-corrected chi connectivity index (χ4v) is 3.52. The van der Waals surface area contributed by atoms with E-state index in [1.54, 1.807) is 24.9 Å². The molecule has 0 unspecified atom stereocenters. The maximum absolute atomic E-state index is 13.0. The highest BCUT2D eigenvalue weighted by Crippen LogP contribution is 2.20. The second kappa shape index (κ2) is 8.31. The Balaban J connectivity index is 2.29. The number of carbonyl (C=O) groups is 1. The van der Waals surface area contributed by atoms with Gasteiger partial charge in [-0.15, -0.1) is 0 Å². The second-order valence-corrected chi connectivity index (χ2v) is 7.85. The average Bonchev–Trinajstić information content (AvgIpc) is 2.61. The van der Waals surface area contributed by atoms with E-state index >= 15 is 0 Å². The molecule has 0 aliphatic heterocycles. The molecule has 0 aromatic heterocycles. The zero-order chi connectivity index (χ0) is 19.3. The lowest BCUT2D eigenvalue weighted by Crippen LogP contribution is -2.28. The summed E-state index contributed by atoms with van der Waals surface area (Å²) >= 11 is 0. The number of aryl methyl sites for hydroxylation is 1. The van der Waals surface area contributed by atoms with Crippen molar-refractivity contribution < 1.29 is 17.6 Å². The normalized spacial score (nSPS) is 11.2. The first-order valence-electron chi connectivity index (χ1n) is 8.39. The lowest BCUT2D eigenvalue weighted by atomic mass is 10.1. The maximum Gasteiger partial charge on any atom is 0.261 e. The molecule has 0 fully saturated rings. The first kappa shape index (κ1) is 19.9. The molecule has 26 heavy (non-hydrogen) atoms. The summed E-state index contributed by atoms with van der Waals surface area (Å²) in [5, 5.41) is 0. The summed E-state index contributed by atoms with van der Waals surface area (Å²) in [6, 6.07) is 9.46. The summed E-state index contributed by atoms with van der Waals surface area (Å²) in [5.41, 5.74) is 1.31. The van der Waals surface area contributed by atoms with Crippen LogP contribution in [0.15, 0.2) is 47.4 Å². The molecule has 2 aromatic rings. The number of carbonyl (C=O) groups excluding carboxylic acids is 1. The molecule has 0 atom stereocenters. The highest BCUT2D eigenvalue weighted by Gasteiger charge is 2.20. The molecule has 0 aliphatic carbocycles. The van der Waals surface area contributed by atoms with Gasteiger partial charge in [0, 0.05) is 24.8 Å². The number of benzene rings is 2. The molecule has 7 heteroatoms. The van der Waals surface area contributed by atoms with Crippen LogP contribution in [0.25, 0.3) is 0 Å². The predicted molar refractivity (Wildman–Crippen MR) is 100 cm³/mol. The Morgan fingerprint density at radius 2 is 1.81 bits per heavy atom. The van der Waals surface area contributed by atoms with Crippen molar-refractivity contribution in [3.05, 3.63) is 59.4 Å². The zero-order valence-corrected chi connectivity index (χ0v) is 15.9. The smallest absolute Gasteiger partial charge is 0.261 e. The summed E-state index contributed by atoms with van der Waals surface area (Å²) < 4.78 is 40.5. The van der Waals surface area contributed by atoms with Gasteiger partial charge in [0.1, 0.15) is 5.82 Å². The van der Waals surface area contributed by atoms with Crippen molar-refractivity contribution in [3.63, 3.8) is 0 Å². The van der Waals surface area contributed by atoms with Crippen molar-refractivity contribution in [2.45, 2.75) is 31.6 Å². The minimum atomic E-state index is -3.88. The molecule has 0 saturated heterocycles.